The van der Waals surface area contributed by atoms with Gasteiger partial charge >= 0.3 is 6.36 Å². The zero-order valence-electron chi connectivity index (χ0n) is 6.56. The zero-order chi connectivity index (χ0) is 9.90. The van der Waals surface area contributed by atoms with Crippen LogP contribution in [0.4, 0.5) is 13.2 Å². The van der Waals surface area contributed by atoms with Gasteiger partial charge in [0.2, 0.25) is 0 Å². The normalized spacial score (nSPS) is 11.4. The fourth-order valence-electron chi connectivity index (χ4n) is 0.836. The van der Waals surface area contributed by atoms with E-state index in [-0.39, 0.29) is 17.9 Å². The summed E-state index contributed by atoms with van der Waals surface area (Å²) in [6.45, 7) is -0.0355. The Morgan fingerprint density at radius 3 is 2.69 bits per heavy atom. The predicted molar refractivity (Wildman–Crippen MR) is 39.9 cm³/mol. The fraction of sp³-hybridized carbons (Fsp3) is 0.250. The van der Waals surface area contributed by atoms with Gasteiger partial charge in [0.25, 0.3) is 0 Å². The molecule has 0 atom stereocenters. The van der Waals surface area contributed by atoms with E-state index in [9.17, 15) is 13.2 Å². The molecule has 0 bridgehead atoms. The average Bonchev–Trinajstić information content (AvgIpc) is 2.02. The van der Waals surface area contributed by atoms with Crippen LogP contribution in [-0.2, 0) is 6.54 Å². The SMILES string of the molecule is NCc1[c]cccc1OC(F)(F)F. The Labute approximate surface area is 73.1 Å². The Bertz CT molecular complexity index is 285. The number of halogens is 3. The average molecular weight is 190 g/mol. The summed E-state index contributed by atoms with van der Waals surface area (Å²) in [6, 6.07) is 6.64. The van der Waals surface area contributed by atoms with E-state index < -0.39 is 6.36 Å². The standard InChI is InChI=1S/C8H7F3NO/c9-8(10,11)13-7-4-2-1-3-6(7)5-12/h1-2,4H,5,12H2. The summed E-state index contributed by atoms with van der Waals surface area (Å²) in [4.78, 5) is 0. The number of hydrogen-bond donors (Lipinski definition) is 1. The van der Waals surface area contributed by atoms with E-state index in [1.54, 1.807) is 0 Å². The van der Waals surface area contributed by atoms with Gasteiger partial charge in [-0.1, -0.05) is 12.1 Å². The predicted octanol–water partition coefficient (Wildman–Crippen LogP) is 1.84. The second-order valence-corrected chi connectivity index (χ2v) is 2.26. The summed E-state index contributed by atoms with van der Waals surface area (Å²) in [5.74, 6) is -0.294. The molecule has 0 aromatic heterocycles. The first kappa shape index (κ1) is 9.85. The van der Waals surface area contributed by atoms with Crippen LogP contribution in [0.1, 0.15) is 5.56 Å². The van der Waals surface area contributed by atoms with Crippen molar-refractivity contribution >= 4 is 0 Å². The van der Waals surface area contributed by atoms with Crippen molar-refractivity contribution < 1.29 is 17.9 Å². The quantitative estimate of drug-likeness (QED) is 0.772. The maximum absolute atomic E-state index is 11.8. The van der Waals surface area contributed by atoms with Gasteiger partial charge in [0.15, 0.2) is 0 Å². The molecule has 0 fully saturated rings. The Kier molecular flexibility index (Phi) is 2.77. The number of nitrogens with two attached hydrogens (primary N) is 1. The minimum absolute atomic E-state index is 0.0355. The number of benzene rings is 1. The summed E-state index contributed by atoms with van der Waals surface area (Å²) in [5.41, 5.74) is 5.40. The Balaban J connectivity index is 2.87. The maximum Gasteiger partial charge on any atom is 0.573 e. The van der Waals surface area contributed by atoms with Crippen LogP contribution in [0.15, 0.2) is 18.2 Å². The third-order valence-corrected chi connectivity index (χ3v) is 1.33. The lowest BCUT2D eigenvalue weighted by Crippen LogP contribution is -2.18. The molecule has 2 N–H and O–H groups in total. The molecule has 13 heavy (non-hydrogen) atoms. The molecule has 0 heterocycles. The van der Waals surface area contributed by atoms with Gasteiger partial charge in [-0.05, 0) is 12.1 Å². The van der Waals surface area contributed by atoms with E-state index in [2.05, 4.69) is 10.8 Å². The van der Waals surface area contributed by atoms with Gasteiger partial charge in [0, 0.05) is 12.1 Å². The minimum atomic E-state index is -4.68. The second kappa shape index (κ2) is 3.66. The molecule has 0 aliphatic rings. The van der Waals surface area contributed by atoms with Gasteiger partial charge in [-0.15, -0.1) is 13.2 Å². The van der Waals surface area contributed by atoms with Gasteiger partial charge in [0.1, 0.15) is 5.75 Å². The first-order valence-electron chi connectivity index (χ1n) is 3.48. The molecule has 0 unspecified atom stereocenters. The molecule has 0 saturated carbocycles. The number of ether oxygens (including phenoxy) is 1. The van der Waals surface area contributed by atoms with Crippen molar-refractivity contribution in [2.24, 2.45) is 5.73 Å². The van der Waals surface area contributed by atoms with Crippen LogP contribution in [0.5, 0.6) is 5.75 Å². The molecular weight excluding hydrogens is 183 g/mol. The van der Waals surface area contributed by atoms with Crippen LogP contribution in [0.3, 0.4) is 0 Å². The number of alkyl halides is 3. The topological polar surface area (TPSA) is 35.2 Å². The molecule has 0 saturated heterocycles. The third-order valence-electron chi connectivity index (χ3n) is 1.33. The molecule has 1 aromatic rings. The van der Waals surface area contributed by atoms with Gasteiger partial charge in [-0.25, -0.2) is 0 Å². The second-order valence-electron chi connectivity index (χ2n) is 2.26. The summed E-state index contributed by atoms with van der Waals surface area (Å²) < 4.78 is 39.1. The van der Waals surface area contributed by atoms with E-state index in [0.717, 1.165) is 0 Å². The molecule has 0 aliphatic heterocycles. The molecule has 71 valence electrons. The van der Waals surface area contributed by atoms with Gasteiger partial charge in [-0.3, -0.25) is 0 Å². The fourth-order valence-corrected chi connectivity index (χ4v) is 0.836. The molecule has 5 heteroatoms. The van der Waals surface area contributed by atoms with Crippen LogP contribution in [0, 0.1) is 6.07 Å². The van der Waals surface area contributed by atoms with Gasteiger partial charge in [0.05, 0.1) is 0 Å². The molecule has 0 spiro atoms. The third kappa shape index (κ3) is 2.95. The molecule has 1 aromatic carbocycles. The van der Waals surface area contributed by atoms with Crippen molar-refractivity contribution in [3.05, 3.63) is 29.8 Å². The van der Waals surface area contributed by atoms with Crippen molar-refractivity contribution in [2.45, 2.75) is 12.9 Å². The van der Waals surface area contributed by atoms with Crippen molar-refractivity contribution in [3.8, 4) is 5.75 Å². The van der Waals surface area contributed by atoms with Gasteiger partial charge < -0.3 is 10.5 Å². The van der Waals surface area contributed by atoms with E-state index in [1.165, 1.54) is 18.2 Å². The van der Waals surface area contributed by atoms with Crippen molar-refractivity contribution in [3.63, 3.8) is 0 Å². The maximum atomic E-state index is 11.8. The van der Waals surface area contributed by atoms with Crippen LogP contribution in [0.25, 0.3) is 0 Å². The highest BCUT2D eigenvalue weighted by atomic mass is 19.4. The highest BCUT2D eigenvalue weighted by Crippen LogP contribution is 2.25. The van der Waals surface area contributed by atoms with E-state index in [0.29, 0.717) is 0 Å². The summed E-state index contributed by atoms with van der Waals surface area (Å²) in [7, 11) is 0. The smallest absolute Gasteiger partial charge is 0.405 e. The largest absolute Gasteiger partial charge is 0.573 e. The monoisotopic (exact) mass is 190 g/mol. The van der Waals surface area contributed by atoms with E-state index in [4.69, 9.17) is 5.73 Å². The highest BCUT2D eigenvalue weighted by Gasteiger charge is 2.31. The summed E-state index contributed by atoms with van der Waals surface area (Å²) >= 11 is 0. The van der Waals surface area contributed by atoms with E-state index in [1.807, 2.05) is 0 Å². The van der Waals surface area contributed by atoms with Crippen molar-refractivity contribution in [1.29, 1.82) is 0 Å². The van der Waals surface area contributed by atoms with Gasteiger partial charge in [-0.2, -0.15) is 0 Å². The molecule has 2 nitrogen and oxygen atoms in total. The summed E-state index contributed by atoms with van der Waals surface area (Å²) in [6.07, 6.45) is -4.68. The lowest BCUT2D eigenvalue weighted by molar-refractivity contribution is -0.274. The number of rotatable bonds is 2. The molecule has 0 aliphatic carbocycles. The lowest BCUT2D eigenvalue weighted by Gasteiger charge is -2.11. The molecule has 0 amide bonds. The Morgan fingerprint density at radius 1 is 1.46 bits per heavy atom. The van der Waals surface area contributed by atoms with Crippen LogP contribution in [0.2, 0.25) is 0 Å². The zero-order valence-corrected chi connectivity index (χ0v) is 6.56. The van der Waals surface area contributed by atoms with Crippen LogP contribution >= 0.6 is 0 Å². The van der Waals surface area contributed by atoms with Crippen LogP contribution < -0.4 is 10.5 Å². The molecule has 1 rings (SSSR count). The molecular formula is C8H7F3NO. The lowest BCUT2D eigenvalue weighted by atomic mass is 10.2. The van der Waals surface area contributed by atoms with Crippen molar-refractivity contribution in [2.75, 3.05) is 0 Å². The van der Waals surface area contributed by atoms with E-state index >= 15 is 0 Å². The van der Waals surface area contributed by atoms with Crippen LogP contribution in [-0.4, -0.2) is 6.36 Å². The summed E-state index contributed by atoms with van der Waals surface area (Å²) in [5, 5.41) is 0. The highest BCUT2D eigenvalue weighted by molar-refractivity contribution is 5.32. The minimum Gasteiger partial charge on any atom is -0.405 e. The first-order chi connectivity index (χ1) is 6.03. The Morgan fingerprint density at radius 2 is 2.15 bits per heavy atom. The Hall–Kier alpha value is -1.23. The first-order valence-corrected chi connectivity index (χ1v) is 3.48. The van der Waals surface area contributed by atoms with Crippen molar-refractivity contribution in [1.82, 2.24) is 0 Å². The molecule has 1 radical (unpaired) electrons. The number of hydrogen-bond acceptors (Lipinski definition) is 2.